The standard InChI is InChI=1S/C11H12N2O/c1-8(2)11-12-9(7-14)10-5-3-4-6-13(10)11/h3-8H,1-2H3. The Kier molecular flexibility index (Phi) is 2.08. The maximum Gasteiger partial charge on any atom is 0.170 e. The molecule has 0 saturated carbocycles. The first kappa shape index (κ1) is 8.94. The number of fused-ring (bicyclic) bond motifs is 1. The van der Waals surface area contributed by atoms with Gasteiger partial charge in [0.2, 0.25) is 0 Å². The summed E-state index contributed by atoms with van der Waals surface area (Å²) >= 11 is 0. The van der Waals surface area contributed by atoms with E-state index in [-0.39, 0.29) is 0 Å². The van der Waals surface area contributed by atoms with Crippen LogP contribution in [-0.2, 0) is 0 Å². The van der Waals surface area contributed by atoms with Gasteiger partial charge in [0.05, 0.1) is 5.52 Å². The molecular weight excluding hydrogens is 176 g/mol. The number of carbonyl (C=O) groups is 1. The Bertz CT molecular complexity index is 471. The number of carbonyl (C=O) groups excluding carboxylic acids is 1. The van der Waals surface area contributed by atoms with Crippen LogP contribution in [-0.4, -0.2) is 15.7 Å². The minimum Gasteiger partial charge on any atom is -0.303 e. The molecule has 2 aromatic heterocycles. The predicted octanol–water partition coefficient (Wildman–Crippen LogP) is 2.27. The highest BCUT2D eigenvalue weighted by molar-refractivity contribution is 5.83. The second-order valence-corrected chi connectivity index (χ2v) is 3.58. The number of aromatic nitrogens is 2. The van der Waals surface area contributed by atoms with E-state index in [1.165, 1.54) is 0 Å². The van der Waals surface area contributed by atoms with E-state index < -0.39 is 0 Å². The first-order chi connectivity index (χ1) is 6.74. The van der Waals surface area contributed by atoms with Crippen molar-refractivity contribution in [3.63, 3.8) is 0 Å². The maximum atomic E-state index is 10.8. The van der Waals surface area contributed by atoms with Gasteiger partial charge in [-0.2, -0.15) is 0 Å². The van der Waals surface area contributed by atoms with Gasteiger partial charge in [-0.3, -0.25) is 4.79 Å². The smallest absolute Gasteiger partial charge is 0.170 e. The zero-order chi connectivity index (χ0) is 10.1. The molecule has 2 aromatic rings. The topological polar surface area (TPSA) is 34.4 Å². The van der Waals surface area contributed by atoms with Gasteiger partial charge in [0.15, 0.2) is 6.29 Å². The third-order valence-electron chi connectivity index (χ3n) is 2.23. The summed E-state index contributed by atoms with van der Waals surface area (Å²) in [6.07, 6.45) is 2.74. The fourth-order valence-electron chi connectivity index (χ4n) is 1.58. The van der Waals surface area contributed by atoms with Gasteiger partial charge in [0.1, 0.15) is 11.5 Å². The summed E-state index contributed by atoms with van der Waals surface area (Å²) in [5.74, 6) is 1.25. The molecule has 2 rings (SSSR count). The van der Waals surface area contributed by atoms with Crippen LogP contribution in [0.25, 0.3) is 5.52 Å². The Labute approximate surface area is 82.4 Å². The van der Waals surface area contributed by atoms with Crippen molar-refractivity contribution < 1.29 is 4.79 Å². The third kappa shape index (κ3) is 1.21. The Balaban J connectivity index is 2.79. The molecule has 0 unspecified atom stereocenters. The summed E-state index contributed by atoms with van der Waals surface area (Å²) in [6, 6.07) is 5.76. The van der Waals surface area contributed by atoms with Crippen LogP contribution < -0.4 is 0 Å². The third-order valence-corrected chi connectivity index (χ3v) is 2.23. The molecule has 0 aliphatic rings. The quantitative estimate of drug-likeness (QED) is 0.677. The van der Waals surface area contributed by atoms with Crippen LogP contribution in [0.2, 0.25) is 0 Å². The molecule has 0 N–H and O–H groups in total. The van der Waals surface area contributed by atoms with Gasteiger partial charge in [0.25, 0.3) is 0 Å². The van der Waals surface area contributed by atoms with E-state index >= 15 is 0 Å². The summed E-state index contributed by atoms with van der Waals surface area (Å²) in [4.78, 5) is 15.1. The van der Waals surface area contributed by atoms with Crippen molar-refractivity contribution >= 4 is 11.8 Å². The van der Waals surface area contributed by atoms with E-state index in [0.717, 1.165) is 17.6 Å². The fraction of sp³-hybridized carbons (Fsp3) is 0.273. The van der Waals surface area contributed by atoms with E-state index in [2.05, 4.69) is 18.8 Å². The van der Waals surface area contributed by atoms with Crippen LogP contribution in [0.4, 0.5) is 0 Å². The van der Waals surface area contributed by atoms with E-state index in [0.29, 0.717) is 11.6 Å². The second kappa shape index (κ2) is 3.25. The first-order valence-corrected chi connectivity index (χ1v) is 4.66. The maximum absolute atomic E-state index is 10.8. The minimum absolute atomic E-state index is 0.318. The molecule has 0 bridgehead atoms. The minimum atomic E-state index is 0.318. The van der Waals surface area contributed by atoms with Crippen molar-refractivity contribution in [2.75, 3.05) is 0 Å². The SMILES string of the molecule is CC(C)c1nc(C=O)c2ccccn12. The normalized spacial score (nSPS) is 11.1. The molecule has 0 fully saturated rings. The lowest BCUT2D eigenvalue weighted by atomic mass is 10.2. The van der Waals surface area contributed by atoms with Crippen molar-refractivity contribution in [1.82, 2.24) is 9.38 Å². The van der Waals surface area contributed by atoms with Gasteiger partial charge in [-0.1, -0.05) is 19.9 Å². The molecule has 0 aromatic carbocycles. The van der Waals surface area contributed by atoms with Crippen LogP contribution in [0.5, 0.6) is 0 Å². The second-order valence-electron chi connectivity index (χ2n) is 3.58. The van der Waals surface area contributed by atoms with Gasteiger partial charge >= 0.3 is 0 Å². The van der Waals surface area contributed by atoms with Crippen molar-refractivity contribution in [3.05, 3.63) is 35.9 Å². The average molecular weight is 188 g/mol. The summed E-state index contributed by atoms with van der Waals surface area (Å²) in [5, 5.41) is 0. The van der Waals surface area contributed by atoms with E-state index in [4.69, 9.17) is 0 Å². The van der Waals surface area contributed by atoms with Gasteiger partial charge in [-0.15, -0.1) is 0 Å². The molecule has 14 heavy (non-hydrogen) atoms. The van der Waals surface area contributed by atoms with Crippen LogP contribution >= 0.6 is 0 Å². The predicted molar refractivity (Wildman–Crippen MR) is 54.7 cm³/mol. The highest BCUT2D eigenvalue weighted by Crippen LogP contribution is 2.17. The van der Waals surface area contributed by atoms with Gasteiger partial charge < -0.3 is 4.40 Å². The molecular formula is C11H12N2O. The van der Waals surface area contributed by atoms with Crippen LogP contribution in [0.1, 0.15) is 36.1 Å². The van der Waals surface area contributed by atoms with Crippen molar-refractivity contribution in [2.24, 2.45) is 0 Å². The number of nitrogens with zero attached hydrogens (tertiary/aromatic N) is 2. The molecule has 0 radical (unpaired) electrons. The highest BCUT2D eigenvalue weighted by Gasteiger charge is 2.11. The number of pyridine rings is 1. The van der Waals surface area contributed by atoms with Gasteiger partial charge in [0, 0.05) is 12.1 Å². The van der Waals surface area contributed by atoms with Crippen LogP contribution in [0, 0.1) is 0 Å². The number of rotatable bonds is 2. The fourth-order valence-corrected chi connectivity index (χ4v) is 1.58. The van der Waals surface area contributed by atoms with E-state index in [9.17, 15) is 4.79 Å². The number of hydrogen-bond donors (Lipinski definition) is 0. The molecule has 3 nitrogen and oxygen atoms in total. The summed E-state index contributed by atoms with van der Waals surface area (Å²) < 4.78 is 1.97. The molecule has 2 heterocycles. The summed E-state index contributed by atoms with van der Waals surface area (Å²) in [7, 11) is 0. The zero-order valence-corrected chi connectivity index (χ0v) is 8.27. The van der Waals surface area contributed by atoms with Crippen LogP contribution in [0.15, 0.2) is 24.4 Å². The molecule has 0 saturated heterocycles. The largest absolute Gasteiger partial charge is 0.303 e. The summed E-state index contributed by atoms with van der Waals surface area (Å²) in [6.45, 7) is 4.13. The first-order valence-electron chi connectivity index (χ1n) is 4.66. The molecule has 0 spiro atoms. The van der Waals surface area contributed by atoms with Gasteiger partial charge in [-0.25, -0.2) is 4.98 Å². The molecule has 0 aliphatic carbocycles. The van der Waals surface area contributed by atoms with Gasteiger partial charge in [-0.05, 0) is 12.1 Å². The van der Waals surface area contributed by atoms with Crippen molar-refractivity contribution in [1.29, 1.82) is 0 Å². The average Bonchev–Trinajstić information content (AvgIpc) is 2.56. The Morgan fingerprint density at radius 2 is 2.21 bits per heavy atom. The number of imidazole rings is 1. The van der Waals surface area contributed by atoms with Crippen molar-refractivity contribution in [3.8, 4) is 0 Å². The molecule has 0 atom stereocenters. The monoisotopic (exact) mass is 188 g/mol. The molecule has 0 amide bonds. The Morgan fingerprint density at radius 3 is 2.86 bits per heavy atom. The molecule has 72 valence electrons. The lowest BCUT2D eigenvalue weighted by Gasteiger charge is -2.02. The van der Waals surface area contributed by atoms with Crippen LogP contribution in [0.3, 0.4) is 0 Å². The van der Waals surface area contributed by atoms with E-state index in [1.54, 1.807) is 0 Å². The molecule has 3 heteroatoms. The number of hydrogen-bond acceptors (Lipinski definition) is 2. The lowest BCUT2D eigenvalue weighted by Crippen LogP contribution is -1.95. The van der Waals surface area contributed by atoms with E-state index in [1.807, 2.05) is 28.8 Å². The zero-order valence-electron chi connectivity index (χ0n) is 8.27. The van der Waals surface area contributed by atoms with Crippen molar-refractivity contribution in [2.45, 2.75) is 19.8 Å². The Hall–Kier alpha value is -1.64. The summed E-state index contributed by atoms with van der Waals surface area (Å²) in [5.41, 5.74) is 1.40. The highest BCUT2D eigenvalue weighted by atomic mass is 16.1. The lowest BCUT2D eigenvalue weighted by molar-refractivity contribution is 0.112. The molecule has 0 aliphatic heterocycles. The Morgan fingerprint density at radius 1 is 1.43 bits per heavy atom. The number of aldehydes is 1.